The largest absolute Gasteiger partial charge is 0.350 e. The number of halogens is 1. The van der Waals surface area contributed by atoms with Crippen LogP contribution in [0.4, 0.5) is 4.39 Å². The van der Waals surface area contributed by atoms with E-state index in [1.165, 1.54) is 12.1 Å². The Labute approximate surface area is 179 Å². The summed E-state index contributed by atoms with van der Waals surface area (Å²) in [6.45, 7) is 11.9. The first-order valence-electron chi connectivity index (χ1n) is 10.4. The number of carbonyl (C=O) groups is 2. The molecule has 162 valence electrons. The number of nitrogens with zero attached hydrogens (tertiary/aromatic N) is 1. The van der Waals surface area contributed by atoms with Crippen molar-refractivity contribution in [2.75, 3.05) is 0 Å². The first kappa shape index (κ1) is 23.6. The minimum absolute atomic E-state index is 0.125. The maximum Gasteiger partial charge on any atom is 0.243 e. The van der Waals surface area contributed by atoms with Crippen LogP contribution < -0.4 is 5.32 Å². The maximum atomic E-state index is 13.3. The lowest BCUT2D eigenvalue weighted by molar-refractivity contribution is -0.141. The van der Waals surface area contributed by atoms with E-state index in [4.69, 9.17) is 0 Å². The van der Waals surface area contributed by atoms with E-state index < -0.39 is 11.6 Å². The molecule has 0 fully saturated rings. The highest BCUT2D eigenvalue weighted by atomic mass is 19.1. The van der Waals surface area contributed by atoms with Gasteiger partial charge in [0.25, 0.3) is 0 Å². The molecule has 0 saturated carbocycles. The zero-order valence-electron chi connectivity index (χ0n) is 18.9. The second-order valence-electron chi connectivity index (χ2n) is 8.98. The molecule has 2 rings (SSSR count). The highest BCUT2D eigenvalue weighted by Crippen LogP contribution is 2.17. The molecule has 0 unspecified atom stereocenters. The molecule has 0 heterocycles. The van der Waals surface area contributed by atoms with Crippen LogP contribution in [-0.2, 0) is 22.6 Å². The molecule has 0 bridgehead atoms. The Morgan fingerprint density at radius 2 is 1.57 bits per heavy atom. The summed E-state index contributed by atoms with van der Waals surface area (Å²) >= 11 is 0. The summed E-state index contributed by atoms with van der Waals surface area (Å²) in [6.07, 6.45) is 0.699. The summed E-state index contributed by atoms with van der Waals surface area (Å²) in [5, 5.41) is 2.99. The Morgan fingerprint density at radius 3 is 2.07 bits per heavy atom. The lowest BCUT2D eigenvalue weighted by atomic mass is 10.0. The van der Waals surface area contributed by atoms with Gasteiger partial charge in [-0.3, -0.25) is 9.59 Å². The molecule has 0 spiro atoms. The Kier molecular flexibility index (Phi) is 7.77. The Hall–Kier alpha value is -2.69. The molecule has 0 saturated heterocycles. The first-order valence-corrected chi connectivity index (χ1v) is 10.4. The van der Waals surface area contributed by atoms with Crippen LogP contribution in [-0.4, -0.2) is 28.3 Å². The topological polar surface area (TPSA) is 49.4 Å². The number of aryl methyl sites for hydroxylation is 2. The van der Waals surface area contributed by atoms with Gasteiger partial charge in [-0.05, 0) is 64.3 Å². The summed E-state index contributed by atoms with van der Waals surface area (Å²) in [5.41, 5.74) is 3.50. The van der Waals surface area contributed by atoms with E-state index in [9.17, 15) is 14.0 Å². The standard InChI is InChI=1S/C25H33FN2O2/c1-7-22(24(30)27-25(4,5)6)28(16-19-8-10-21(26)11-9-19)23(29)15-20-13-17(2)12-18(3)14-20/h8-14,22H,7,15-16H2,1-6H3,(H,27,30)/t22-/m0/s1. The highest BCUT2D eigenvalue weighted by molar-refractivity contribution is 5.88. The molecule has 30 heavy (non-hydrogen) atoms. The first-order chi connectivity index (χ1) is 14.0. The number of hydrogen-bond donors (Lipinski definition) is 1. The summed E-state index contributed by atoms with van der Waals surface area (Å²) in [6, 6.07) is 11.5. The molecule has 2 aromatic carbocycles. The van der Waals surface area contributed by atoms with Gasteiger partial charge in [0, 0.05) is 12.1 Å². The third kappa shape index (κ3) is 6.97. The molecule has 4 nitrogen and oxygen atoms in total. The molecule has 0 aliphatic carbocycles. The van der Waals surface area contributed by atoms with Crippen molar-refractivity contribution >= 4 is 11.8 Å². The van der Waals surface area contributed by atoms with Crippen LogP contribution in [0.1, 0.15) is 56.4 Å². The van der Waals surface area contributed by atoms with Gasteiger partial charge in [0.2, 0.25) is 11.8 Å². The van der Waals surface area contributed by atoms with Crippen molar-refractivity contribution in [2.24, 2.45) is 0 Å². The van der Waals surface area contributed by atoms with Crippen LogP contribution in [0.15, 0.2) is 42.5 Å². The van der Waals surface area contributed by atoms with Gasteiger partial charge in [0.05, 0.1) is 6.42 Å². The predicted molar refractivity (Wildman–Crippen MR) is 119 cm³/mol. The van der Waals surface area contributed by atoms with Crippen molar-refractivity contribution in [1.29, 1.82) is 0 Å². The molecule has 1 N–H and O–H groups in total. The fraction of sp³-hybridized carbons (Fsp3) is 0.440. The SMILES string of the molecule is CC[C@@H](C(=O)NC(C)(C)C)N(Cc1ccc(F)cc1)C(=O)Cc1cc(C)cc(C)c1. The van der Waals surface area contributed by atoms with E-state index in [0.29, 0.717) is 6.42 Å². The van der Waals surface area contributed by atoms with Crippen LogP contribution in [0, 0.1) is 19.7 Å². The van der Waals surface area contributed by atoms with Gasteiger partial charge in [-0.2, -0.15) is 0 Å². The number of hydrogen-bond acceptors (Lipinski definition) is 2. The Morgan fingerprint density at radius 1 is 1.00 bits per heavy atom. The fourth-order valence-corrected chi connectivity index (χ4v) is 3.61. The van der Waals surface area contributed by atoms with E-state index in [1.807, 2.05) is 53.7 Å². The van der Waals surface area contributed by atoms with Crippen molar-refractivity contribution in [2.45, 2.75) is 72.5 Å². The van der Waals surface area contributed by atoms with Gasteiger partial charge in [-0.15, -0.1) is 0 Å². The van der Waals surface area contributed by atoms with Crippen LogP contribution in [0.3, 0.4) is 0 Å². The van der Waals surface area contributed by atoms with Crippen LogP contribution in [0.2, 0.25) is 0 Å². The van der Waals surface area contributed by atoms with Crippen molar-refractivity contribution in [3.05, 3.63) is 70.5 Å². The average molecular weight is 413 g/mol. The molecule has 2 amide bonds. The molecule has 2 aromatic rings. The molecule has 0 aliphatic rings. The third-order valence-electron chi connectivity index (χ3n) is 4.79. The van der Waals surface area contributed by atoms with Gasteiger partial charge in [0.15, 0.2) is 0 Å². The number of amides is 2. The van der Waals surface area contributed by atoms with Crippen LogP contribution >= 0.6 is 0 Å². The molecular formula is C25H33FN2O2. The summed E-state index contributed by atoms with van der Waals surface area (Å²) in [5.74, 6) is -0.634. The molecule has 0 aliphatic heterocycles. The average Bonchev–Trinajstić information content (AvgIpc) is 2.60. The van der Waals surface area contributed by atoms with Crippen LogP contribution in [0.25, 0.3) is 0 Å². The molecule has 0 radical (unpaired) electrons. The van der Waals surface area contributed by atoms with Crippen molar-refractivity contribution in [3.63, 3.8) is 0 Å². The second-order valence-corrected chi connectivity index (χ2v) is 8.98. The van der Waals surface area contributed by atoms with Crippen LogP contribution in [0.5, 0.6) is 0 Å². The number of rotatable bonds is 7. The van der Waals surface area contributed by atoms with E-state index in [0.717, 1.165) is 22.3 Å². The van der Waals surface area contributed by atoms with Gasteiger partial charge in [-0.25, -0.2) is 4.39 Å². The molecule has 5 heteroatoms. The van der Waals surface area contributed by atoms with Crippen molar-refractivity contribution < 1.29 is 14.0 Å². The number of nitrogens with one attached hydrogen (secondary N) is 1. The predicted octanol–water partition coefficient (Wildman–Crippen LogP) is 4.71. The molecule has 0 aromatic heterocycles. The second kappa shape index (κ2) is 9.88. The molecule has 1 atom stereocenters. The Bertz CT molecular complexity index is 865. The number of carbonyl (C=O) groups excluding carboxylic acids is 2. The maximum absolute atomic E-state index is 13.3. The van der Waals surface area contributed by atoms with Gasteiger partial charge >= 0.3 is 0 Å². The fourth-order valence-electron chi connectivity index (χ4n) is 3.61. The normalized spacial score (nSPS) is 12.4. The summed E-state index contributed by atoms with van der Waals surface area (Å²) < 4.78 is 13.3. The third-order valence-corrected chi connectivity index (χ3v) is 4.79. The molecular weight excluding hydrogens is 379 g/mol. The zero-order valence-corrected chi connectivity index (χ0v) is 18.9. The van der Waals surface area contributed by atoms with Gasteiger partial charge in [-0.1, -0.05) is 48.4 Å². The van der Waals surface area contributed by atoms with E-state index >= 15 is 0 Å². The summed E-state index contributed by atoms with van der Waals surface area (Å²) in [7, 11) is 0. The monoisotopic (exact) mass is 412 g/mol. The highest BCUT2D eigenvalue weighted by Gasteiger charge is 2.30. The lowest BCUT2D eigenvalue weighted by Crippen LogP contribution is -2.53. The minimum Gasteiger partial charge on any atom is -0.350 e. The minimum atomic E-state index is -0.604. The van der Waals surface area contributed by atoms with Crippen molar-refractivity contribution in [3.8, 4) is 0 Å². The van der Waals surface area contributed by atoms with E-state index in [-0.39, 0.29) is 30.6 Å². The van der Waals surface area contributed by atoms with Gasteiger partial charge < -0.3 is 10.2 Å². The Balaban J connectivity index is 2.33. The van der Waals surface area contributed by atoms with Gasteiger partial charge in [0.1, 0.15) is 11.9 Å². The zero-order chi connectivity index (χ0) is 22.5. The van der Waals surface area contributed by atoms with E-state index in [2.05, 4.69) is 11.4 Å². The van der Waals surface area contributed by atoms with Crippen molar-refractivity contribution in [1.82, 2.24) is 10.2 Å². The summed E-state index contributed by atoms with van der Waals surface area (Å²) in [4.78, 5) is 27.9. The number of benzene rings is 2. The van der Waals surface area contributed by atoms with E-state index in [1.54, 1.807) is 17.0 Å². The quantitative estimate of drug-likeness (QED) is 0.716. The lowest BCUT2D eigenvalue weighted by Gasteiger charge is -2.33. The smallest absolute Gasteiger partial charge is 0.243 e.